The third-order valence-electron chi connectivity index (χ3n) is 4.03. The lowest BCUT2D eigenvalue weighted by molar-refractivity contribution is -0.117. The fourth-order valence-electron chi connectivity index (χ4n) is 2.59. The minimum absolute atomic E-state index is 0.00565. The topological polar surface area (TPSA) is 26.3 Å². The zero-order valence-corrected chi connectivity index (χ0v) is 15.7. The molecular formula is C23H30O2. The Balaban J connectivity index is 0.000000381. The van der Waals surface area contributed by atoms with Crippen LogP contribution in [0.15, 0.2) is 73.5 Å². The van der Waals surface area contributed by atoms with Crippen molar-refractivity contribution in [3.05, 3.63) is 84.6 Å². The molecule has 0 aliphatic rings. The minimum atomic E-state index is 0.00565. The highest BCUT2D eigenvalue weighted by Crippen LogP contribution is 2.33. The standard InChI is InChI=1S/C17H18O.C6H12O/c1-3-18-17(16-12-8-5-9-13-16)14(2)15-10-6-4-7-11-15;1-3-4-5-6(2)7/h3-14,17H,1H2,2H3;3-5H2,1-2H3. The van der Waals surface area contributed by atoms with Gasteiger partial charge in [-0.3, -0.25) is 0 Å². The lowest BCUT2D eigenvalue weighted by atomic mass is 9.91. The van der Waals surface area contributed by atoms with Crippen molar-refractivity contribution >= 4 is 5.78 Å². The summed E-state index contributed by atoms with van der Waals surface area (Å²) < 4.78 is 5.71. The summed E-state index contributed by atoms with van der Waals surface area (Å²) >= 11 is 0. The van der Waals surface area contributed by atoms with Gasteiger partial charge in [0.1, 0.15) is 11.9 Å². The van der Waals surface area contributed by atoms with Crippen LogP contribution in [-0.4, -0.2) is 5.78 Å². The number of unbranched alkanes of at least 4 members (excludes halogenated alkanes) is 1. The van der Waals surface area contributed by atoms with Gasteiger partial charge in [0.15, 0.2) is 0 Å². The monoisotopic (exact) mass is 338 g/mol. The highest BCUT2D eigenvalue weighted by Gasteiger charge is 2.21. The van der Waals surface area contributed by atoms with Crippen LogP contribution >= 0.6 is 0 Å². The van der Waals surface area contributed by atoms with E-state index in [1.807, 2.05) is 24.3 Å². The average Bonchev–Trinajstić information content (AvgIpc) is 2.66. The lowest BCUT2D eigenvalue weighted by Crippen LogP contribution is -2.09. The molecule has 0 amide bonds. The van der Waals surface area contributed by atoms with Crippen LogP contribution in [0.3, 0.4) is 0 Å². The predicted octanol–water partition coefficient (Wildman–Crippen LogP) is 6.46. The van der Waals surface area contributed by atoms with Crippen molar-refractivity contribution in [3.8, 4) is 0 Å². The number of carbonyl (C=O) groups is 1. The van der Waals surface area contributed by atoms with Gasteiger partial charge in [0.2, 0.25) is 0 Å². The van der Waals surface area contributed by atoms with E-state index in [1.54, 1.807) is 6.92 Å². The molecule has 2 aromatic rings. The van der Waals surface area contributed by atoms with Crippen LogP contribution < -0.4 is 0 Å². The van der Waals surface area contributed by atoms with Gasteiger partial charge >= 0.3 is 0 Å². The van der Waals surface area contributed by atoms with Crippen molar-refractivity contribution in [1.29, 1.82) is 0 Å². The SMILES string of the molecule is C=COC(c1ccccc1)C(C)c1ccccc1.CCCCC(C)=O. The summed E-state index contributed by atoms with van der Waals surface area (Å²) in [5.74, 6) is 0.591. The first kappa shape index (κ1) is 20.7. The Morgan fingerprint density at radius 3 is 1.96 bits per heavy atom. The minimum Gasteiger partial charge on any atom is -0.493 e. The van der Waals surface area contributed by atoms with E-state index in [0.717, 1.165) is 19.3 Å². The second-order valence-corrected chi connectivity index (χ2v) is 6.14. The van der Waals surface area contributed by atoms with Crippen molar-refractivity contribution in [2.24, 2.45) is 0 Å². The number of rotatable bonds is 8. The molecule has 0 radical (unpaired) electrons. The van der Waals surface area contributed by atoms with Crippen LogP contribution in [0.25, 0.3) is 0 Å². The molecule has 0 aliphatic carbocycles. The first-order chi connectivity index (χ1) is 12.1. The molecular weight excluding hydrogens is 308 g/mol. The maximum absolute atomic E-state index is 10.2. The maximum atomic E-state index is 10.2. The zero-order valence-electron chi connectivity index (χ0n) is 15.7. The molecule has 0 aromatic heterocycles. The second-order valence-electron chi connectivity index (χ2n) is 6.14. The molecule has 2 nitrogen and oxygen atoms in total. The number of Topliss-reactive ketones (excluding diaryl/α,β-unsaturated/α-hetero) is 1. The Bertz CT molecular complexity index is 605. The first-order valence-corrected chi connectivity index (χ1v) is 8.95. The highest BCUT2D eigenvalue weighted by molar-refractivity contribution is 5.75. The summed E-state index contributed by atoms with van der Waals surface area (Å²) in [5.41, 5.74) is 2.45. The quantitative estimate of drug-likeness (QED) is 0.516. The third-order valence-corrected chi connectivity index (χ3v) is 4.03. The number of ketones is 1. The summed E-state index contributed by atoms with van der Waals surface area (Å²) in [6.45, 7) is 9.58. The number of benzene rings is 2. The van der Waals surface area contributed by atoms with Gasteiger partial charge in [0.05, 0.1) is 6.26 Å². The van der Waals surface area contributed by atoms with E-state index in [9.17, 15) is 4.79 Å². The van der Waals surface area contributed by atoms with Crippen molar-refractivity contribution in [1.82, 2.24) is 0 Å². The molecule has 2 heteroatoms. The van der Waals surface area contributed by atoms with Gasteiger partial charge in [-0.2, -0.15) is 0 Å². The number of hydrogen-bond donors (Lipinski definition) is 0. The van der Waals surface area contributed by atoms with E-state index in [-0.39, 0.29) is 12.0 Å². The molecule has 0 bridgehead atoms. The molecule has 2 rings (SSSR count). The van der Waals surface area contributed by atoms with E-state index in [1.165, 1.54) is 17.4 Å². The van der Waals surface area contributed by atoms with Gasteiger partial charge < -0.3 is 9.53 Å². The normalized spacial score (nSPS) is 12.3. The van der Waals surface area contributed by atoms with Crippen molar-refractivity contribution in [2.75, 3.05) is 0 Å². The summed E-state index contributed by atoms with van der Waals surface area (Å²) in [6, 6.07) is 20.7. The molecule has 2 unspecified atom stereocenters. The van der Waals surface area contributed by atoms with Gasteiger partial charge in [0, 0.05) is 12.3 Å². The molecule has 0 spiro atoms. The predicted molar refractivity (Wildman–Crippen MR) is 106 cm³/mol. The van der Waals surface area contributed by atoms with Crippen LogP contribution in [0.5, 0.6) is 0 Å². The van der Waals surface area contributed by atoms with Gasteiger partial charge in [-0.1, -0.05) is 87.5 Å². The van der Waals surface area contributed by atoms with E-state index in [2.05, 4.69) is 56.8 Å². The Labute approximate surface area is 152 Å². The van der Waals surface area contributed by atoms with Crippen molar-refractivity contribution in [3.63, 3.8) is 0 Å². The van der Waals surface area contributed by atoms with Crippen LogP contribution in [0.1, 0.15) is 63.2 Å². The Morgan fingerprint density at radius 2 is 1.56 bits per heavy atom. The Morgan fingerprint density at radius 1 is 1.04 bits per heavy atom. The smallest absolute Gasteiger partial charge is 0.129 e. The molecule has 0 heterocycles. The summed E-state index contributed by atoms with van der Waals surface area (Å²) in [5, 5.41) is 0. The van der Waals surface area contributed by atoms with Crippen LogP contribution in [0, 0.1) is 0 Å². The van der Waals surface area contributed by atoms with Crippen LogP contribution in [-0.2, 0) is 9.53 Å². The summed E-state index contributed by atoms with van der Waals surface area (Å²) in [4.78, 5) is 10.2. The molecule has 0 saturated heterocycles. The summed E-state index contributed by atoms with van der Waals surface area (Å²) in [6.07, 6.45) is 4.47. The van der Waals surface area contributed by atoms with Crippen LogP contribution in [0.4, 0.5) is 0 Å². The lowest BCUT2D eigenvalue weighted by Gasteiger charge is -2.24. The Kier molecular flexibility index (Phi) is 10.00. The number of ether oxygens (including phenoxy) is 1. The molecule has 2 aromatic carbocycles. The molecule has 0 aliphatic heterocycles. The fraction of sp³-hybridized carbons (Fsp3) is 0.348. The van der Waals surface area contributed by atoms with E-state index in [0.29, 0.717) is 5.78 Å². The van der Waals surface area contributed by atoms with E-state index in [4.69, 9.17) is 4.74 Å². The zero-order chi connectivity index (χ0) is 18.5. The molecule has 0 N–H and O–H groups in total. The first-order valence-electron chi connectivity index (χ1n) is 8.95. The highest BCUT2D eigenvalue weighted by atomic mass is 16.5. The molecule has 0 saturated carbocycles. The van der Waals surface area contributed by atoms with Crippen molar-refractivity contribution < 1.29 is 9.53 Å². The van der Waals surface area contributed by atoms with Crippen LogP contribution in [0.2, 0.25) is 0 Å². The molecule has 25 heavy (non-hydrogen) atoms. The van der Waals surface area contributed by atoms with Gasteiger partial charge in [-0.05, 0) is 24.5 Å². The van der Waals surface area contributed by atoms with Crippen molar-refractivity contribution in [2.45, 2.75) is 52.1 Å². The average molecular weight is 338 g/mol. The fourth-order valence-corrected chi connectivity index (χ4v) is 2.59. The maximum Gasteiger partial charge on any atom is 0.129 e. The van der Waals surface area contributed by atoms with Gasteiger partial charge in [-0.15, -0.1) is 0 Å². The molecule has 2 atom stereocenters. The molecule has 0 fully saturated rings. The number of carbonyl (C=O) groups excluding carboxylic acids is 1. The van der Waals surface area contributed by atoms with E-state index >= 15 is 0 Å². The van der Waals surface area contributed by atoms with Gasteiger partial charge in [-0.25, -0.2) is 0 Å². The summed E-state index contributed by atoms with van der Waals surface area (Å²) in [7, 11) is 0. The Hall–Kier alpha value is -2.35. The largest absolute Gasteiger partial charge is 0.493 e. The second kappa shape index (κ2) is 12.1. The van der Waals surface area contributed by atoms with Gasteiger partial charge in [0.25, 0.3) is 0 Å². The molecule has 134 valence electrons. The number of hydrogen-bond acceptors (Lipinski definition) is 2. The third kappa shape index (κ3) is 7.84. The van der Waals surface area contributed by atoms with E-state index < -0.39 is 0 Å².